The van der Waals surface area contributed by atoms with Gasteiger partial charge in [-0.15, -0.1) is 11.3 Å². The molecule has 0 fully saturated rings. The number of para-hydroxylation sites is 1. The summed E-state index contributed by atoms with van der Waals surface area (Å²) in [5, 5.41) is 6.08. The molecule has 3 aromatic rings. The van der Waals surface area contributed by atoms with E-state index < -0.39 is 0 Å². The topological polar surface area (TPSA) is 34.1 Å². The number of ether oxygens (including phenoxy) is 1. The summed E-state index contributed by atoms with van der Waals surface area (Å²) < 4.78 is 18.7. The van der Waals surface area contributed by atoms with Crippen molar-refractivity contribution in [1.29, 1.82) is 0 Å². The van der Waals surface area contributed by atoms with Crippen LogP contribution in [0.25, 0.3) is 0 Å². The van der Waals surface area contributed by atoms with Gasteiger partial charge in [0.05, 0.1) is 0 Å². The van der Waals surface area contributed by atoms with Crippen molar-refractivity contribution in [2.45, 2.75) is 13.2 Å². The van der Waals surface area contributed by atoms with E-state index in [1.54, 1.807) is 29.7 Å². The van der Waals surface area contributed by atoms with E-state index in [1.807, 2.05) is 29.6 Å². The molecule has 0 aliphatic rings. The van der Waals surface area contributed by atoms with Gasteiger partial charge in [0.1, 0.15) is 18.2 Å². The quantitative estimate of drug-likeness (QED) is 0.729. The molecule has 1 aromatic heterocycles. The number of hydrogen-bond acceptors (Lipinski definition) is 4. The molecule has 0 unspecified atom stereocenters. The van der Waals surface area contributed by atoms with Crippen LogP contribution in [0.1, 0.15) is 11.1 Å². The van der Waals surface area contributed by atoms with E-state index in [2.05, 4.69) is 10.3 Å². The smallest absolute Gasteiger partial charge is 0.182 e. The Bertz CT molecular complexity index is 714. The number of nitrogens with zero attached hydrogens (tertiary/aromatic N) is 1. The zero-order valence-corrected chi connectivity index (χ0v) is 12.6. The maximum absolute atomic E-state index is 12.9. The lowest BCUT2D eigenvalue weighted by Crippen LogP contribution is -2.03. The van der Waals surface area contributed by atoms with Crippen molar-refractivity contribution in [2.75, 3.05) is 5.32 Å². The lowest BCUT2D eigenvalue weighted by atomic mass is 10.2. The molecular formula is C17H15FN2OS. The normalized spacial score (nSPS) is 10.4. The number of nitrogens with one attached hydrogen (secondary N) is 1. The van der Waals surface area contributed by atoms with Crippen molar-refractivity contribution in [1.82, 2.24) is 4.98 Å². The summed E-state index contributed by atoms with van der Waals surface area (Å²) in [7, 11) is 0. The first-order chi connectivity index (χ1) is 10.8. The Morgan fingerprint density at radius 2 is 1.91 bits per heavy atom. The van der Waals surface area contributed by atoms with Crippen molar-refractivity contribution >= 4 is 16.5 Å². The SMILES string of the molecule is Fc1ccc(COc2ccccc2CNc2nccs2)cc1. The molecule has 0 amide bonds. The molecule has 112 valence electrons. The molecule has 3 nitrogen and oxygen atoms in total. The molecule has 2 aromatic carbocycles. The number of rotatable bonds is 6. The number of halogens is 1. The minimum absolute atomic E-state index is 0.239. The Morgan fingerprint density at radius 3 is 2.68 bits per heavy atom. The van der Waals surface area contributed by atoms with Gasteiger partial charge < -0.3 is 10.1 Å². The Hall–Kier alpha value is -2.40. The highest BCUT2D eigenvalue weighted by Crippen LogP contribution is 2.21. The van der Waals surface area contributed by atoms with Crippen LogP contribution in [0.15, 0.2) is 60.1 Å². The van der Waals surface area contributed by atoms with E-state index in [0.29, 0.717) is 13.2 Å². The average molecular weight is 314 g/mol. The van der Waals surface area contributed by atoms with Gasteiger partial charge in [0, 0.05) is 23.7 Å². The Morgan fingerprint density at radius 1 is 1.09 bits per heavy atom. The summed E-state index contributed by atoms with van der Waals surface area (Å²) in [5.41, 5.74) is 1.99. The van der Waals surface area contributed by atoms with Gasteiger partial charge in [-0.05, 0) is 23.8 Å². The van der Waals surface area contributed by atoms with Crippen LogP contribution < -0.4 is 10.1 Å². The monoisotopic (exact) mass is 314 g/mol. The lowest BCUT2D eigenvalue weighted by molar-refractivity contribution is 0.303. The third-order valence-electron chi connectivity index (χ3n) is 3.14. The number of hydrogen-bond donors (Lipinski definition) is 1. The summed E-state index contributed by atoms with van der Waals surface area (Å²) in [6.07, 6.45) is 1.77. The maximum Gasteiger partial charge on any atom is 0.182 e. The van der Waals surface area contributed by atoms with Crippen LogP contribution >= 0.6 is 11.3 Å². The van der Waals surface area contributed by atoms with Gasteiger partial charge in [0.15, 0.2) is 5.13 Å². The van der Waals surface area contributed by atoms with Crippen molar-refractivity contribution in [3.63, 3.8) is 0 Å². The summed E-state index contributed by atoms with van der Waals surface area (Å²) in [5.74, 6) is 0.577. The van der Waals surface area contributed by atoms with E-state index in [0.717, 1.165) is 22.0 Å². The minimum Gasteiger partial charge on any atom is -0.489 e. The number of thiazole rings is 1. The lowest BCUT2D eigenvalue weighted by Gasteiger charge is -2.12. The fourth-order valence-corrected chi connectivity index (χ4v) is 2.54. The Kier molecular flexibility index (Phi) is 4.65. The molecule has 0 radical (unpaired) electrons. The van der Waals surface area contributed by atoms with E-state index in [1.165, 1.54) is 12.1 Å². The van der Waals surface area contributed by atoms with Gasteiger partial charge in [-0.3, -0.25) is 0 Å². The second kappa shape index (κ2) is 7.04. The van der Waals surface area contributed by atoms with Crippen LogP contribution in [0.2, 0.25) is 0 Å². The van der Waals surface area contributed by atoms with Crippen LogP contribution in [-0.2, 0) is 13.2 Å². The molecule has 5 heteroatoms. The van der Waals surface area contributed by atoms with Gasteiger partial charge in [0.2, 0.25) is 0 Å². The summed E-state index contributed by atoms with van der Waals surface area (Å²) in [4.78, 5) is 4.19. The molecule has 0 saturated heterocycles. The van der Waals surface area contributed by atoms with E-state index in [9.17, 15) is 4.39 Å². The predicted molar refractivity (Wildman–Crippen MR) is 86.6 cm³/mol. The number of aromatic nitrogens is 1. The van der Waals surface area contributed by atoms with E-state index in [4.69, 9.17) is 4.74 Å². The van der Waals surface area contributed by atoms with Gasteiger partial charge in [-0.1, -0.05) is 30.3 Å². The van der Waals surface area contributed by atoms with Crippen molar-refractivity contribution < 1.29 is 9.13 Å². The van der Waals surface area contributed by atoms with Gasteiger partial charge in [-0.25, -0.2) is 9.37 Å². The Labute approximate surface area is 132 Å². The summed E-state index contributed by atoms with van der Waals surface area (Å²) in [6, 6.07) is 14.2. The molecule has 0 spiro atoms. The first-order valence-corrected chi connectivity index (χ1v) is 7.78. The van der Waals surface area contributed by atoms with Crippen molar-refractivity contribution in [3.05, 3.63) is 77.1 Å². The highest BCUT2D eigenvalue weighted by Gasteiger charge is 2.04. The van der Waals surface area contributed by atoms with Gasteiger partial charge in [-0.2, -0.15) is 0 Å². The molecule has 1 N–H and O–H groups in total. The van der Waals surface area contributed by atoms with Crippen LogP contribution in [0.3, 0.4) is 0 Å². The molecule has 0 aliphatic carbocycles. The predicted octanol–water partition coefficient (Wildman–Crippen LogP) is 4.47. The van der Waals surface area contributed by atoms with Crippen molar-refractivity contribution in [3.8, 4) is 5.75 Å². The van der Waals surface area contributed by atoms with Crippen LogP contribution in [-0.4, -0.2) is 4.98 Å². The average Bonchev–Trinajstić information content (AvgIpc) is 3.07. The molecule has 1 heterocycles. The van der Waals surface area contributed by atoms with Crippen LogP contribution in [0.4, 0.5) is 9.52 Å². The first-order valence-electron chi connectivity index (χ1n) is 6.90. The summed E-state index contributed by atoms with van der Waals surface area (Å²) in [6.45, 7) is 1.06. The van der Waals surface area contributed by atoms with E-state index >= 15 is 0 Å². The van der Waals surface area contributed by atoms with Crippen LogP contribution in [0.5, 0.6) is 5.75 Å². The highest BCUT2D eigenvalue weighted by atomic mass is 32.1. The number of anilines is 1. The first kappa shape index (κ1) is 14.5. The Balaban J connectivity index is 1.64. The van der Waals surface area contributed by atoms with Crippen LogP contribution in [0, 0.1) is 5.82 Å². The molecular weight excluding hydrogens is 299 g/mol. The standard InChI is InChI=1S/C17H15FN2OS/c18-15-7-5-13(6-8-15)12-21-16-4-2-1-3-14(16)11-20-17-19-9-10-22-17/h1-10H,11-12H2,(H,19,20). The van der Waals surface area contributed by atoms with Gasteiger partial charge >= 0.3 is 0 Å². The second-order valence-electron chi connectivity index (χ2n) is 4.71. The summed E-state index contributed by atoms with van der Waals surface area (Å²) >= 11 is 1.56. The zero-order chi connectivity index (χ0) is 15.2. The van der Waals surface area contributed by atoms with Gasteiger partial charge in [0.25, 0.3) is 0 Å². The minimum atomic E-state index is -0.239. The third kappa shape index (κ3) is 3.83. The fraction of sp³-hybridized carbons (Fsp3) is 0.118. The second-order valence-corrected chi connectivity index (χ2v) is 5.61. The zero-order valence-electron chi connectivity index (χ0n) is 11.8. The molecule has 3 rings (SSSR count). The fourth-order valence-electron chi connectivity index (χ4n) is 2.01. The largest absolute Gasteiger partial charge is 0.489 e. The third-order valence-corrected chi connectivity index (χ3v) is 3.87. The van der Waals surface area contributed by atoms with E-state index in [-0.39, 0.29) is 5.82 Å². The maximum atomic E-state index is 12.9. The molecule has 0 bridgehead atoms. The molecule has 0 aliphatic heterocycles. The highest BCUT2D eigenvalue weighted by molar-refractivity contribution is 7.13. The van der Waals surface area contributed by atoms with Crippen molar-refractivity contribution in [2.24, 2.45) is 0 Å². The molecule has 22 heavy (non-hydrogen) atoms. The number of benzene rings is 2. The molecule has 0 atom stereocenters. The molecule has 0 saturated carbocycles.